The summed E-state index contributed by atoms with van der Waals surface area (Å²) in [5.41, 5.74) is 2.98. The highest BCUT2D eigenvalue weighted by Gasteiger charge is 2.21. The van der Waals surface area contributed by atoms with Gasteiger partial charge in [-0.3, -0.25) is 4.79 Å². The third-order valence-electron chi connectivity index (χ3n) is 6.17. The third kappa shape index (κ3) is 4.82. The monoisotopic (exact) mass is 488 g/mol. The van der Waals surface area contributed by atoms with Crippen LogP contribution in [0.25, 0.3) is 21.6 Å². The van der Waals surface area contributed by atoms with Crippen LogP contribution in [0.5, 0.6) is 17.2 Å². The number of methoxy groups -OCH3 is 1. The van der Waals surface area contributed by atoms with Crippen LogP contribution < -0.4 is 19.8 Å². The molecule has 4 aromatic rings. The van der Waals surface area contributed by atoms with Gasteiger partial charge in [-0.15, -0.1) is 17.9 Å². The molecule has 0 radical (unpaired) electrons. The molecule has 1 N–H and O–H groups in total. The van der Waals surface area contributed by atoms with Gasteiger partial charge in [0, 0.05) is 4.88 Å². The normalized spacial score (nSPS) is 12.8. The molecule has 0 saturated carbocycles. The second kappa shape index (κ2) is 10.4. The van der Waals surface area contributed by atoms with Crippen molar-refractivity contribution in [2.24, 2.45) is 0 Å². The zero-order valence-electron chi connectivity index (χ0n) is 19.8. The molecule has 7 heteroatoms. The fraction of sp³-hybridized carbons (Fsp3) is 0.286. The Morgan fingerprint density at radius 1 is 1.06 bits per heavy atom. The highest BCUT2D eigenvalue weighted by Crippen LogP contribution is 2.35. The molecule has 5 rings (SSSR count). The molecule has 180 valence electrons. The van der Waals surface area contributed by atoms with E-state index < -0.39 is 0 Å². The van der Waals surface area contributed by atoms with Crippen LogP contribution in [-0.4, -0.2) is 30.3 Å². The molecule has 2 heterocycles. The van der Waals surface area contributed by atoms with Crippen molar-refractivity contribution in [2.75, 3.05) is 20.3 Å². The Morgan fingerprint density at radius 2 is 1.86 bits per heavy atom. The van der Waals surface area contributed by atoms with E-state index in [4.69, 9.17) is 19.2 Å². The number of nitrogens with one attached hydrogen (secondary N) is 1. The number of rotatable bonds is 9. The van der Waals surface area contributed by atoms with Gasteiger partial charge >= 0.3 is 0 Å². The molecule has 0 saturated heterocycles. The van der Waals surface area contributed by atoms with E-state index in [1.165, 1.54) is 16.9 Å². The van der Waals surface area contributed by atoms with Gasteiger partial charge < -0.3 is 19.2 Å². The summed E-state index contributed by atoms with van der Waals surface area (Å²) in [6.07, 6.45) is 6.92. The van der Waals surface area contributed by atoms with Crippen molar-refractivity contribution in [3.8, 4) is 28.6 Å². The van der Waals surface area contributed by atoms with Crippen LogP contribution in [0.3, 0.4) is 0 Å². The van der Waals surface area contributed by atoms with Crippen LogP contribution in [0.4, 0.5) is 0 Å². The Balaban J connectivity index is 1.32. The van der Waals surface area contributed by atoms with Gasteiger partial charge in [-0.2, -0.15) is 0 Å². The summed E-state index contributed by atoms with van der Waals surface area (Å²) in [5.74, 6) is 2.51. The maximum Gasteiger partial charge on any atom is 0.260 e. The molecular weight excluding hydrogens is 460 g/mol. The van der Waals surface area contributed by atoms with Crippen LogP contribution in [0.1, 0.15) is 28.8 Å². The van der Waals surface area contributed by atoms with E-state index in [0.29, 0.717) is 36.3 Å². The molecule has 0 bridgehead atoms. The van der Waals surface area contributed by atoms with E-state index in [1.807, 2.05) is 48.5 Å². The van der Waals surface area contributed by atoms with Crippen molar-refractivity contribution in [1.29, 1.82) is 0 Å². The Bertz CT molecular complexity index is 1420. The second-order valence-electron chi connectivity index (χ2n) is 8.48. The minimum atomic E-state index is -0.0745. The molecule has 6 nitrogen and oxygen atoms in total. The van der Waals surface area contributed by atoms with E-state index in [9.17, 15) is 4.79 Å². The van der Waals surface area contributed by atoms with Crippen LogP contribution in [-0.2, 0) is 19.3 Å². The van der Waals surface area contributed by atoms with E-state index in [1.54, 1.807) is 18.4 Å². The largest absolute Gasteiger partial charge is 0.493 e. The number of hydrogen-bond donors (Lipinski definition) is 1. The van der Waals surface area contributed by atoms with Gasteiger partial charge in [0.25, 0.3) is 5.56 Å². The average molecular weight is 489 g/mol. The van der Waals surface area contributed by atoms with E-state index in [-0.39, 0.29) is 5.56 Å². The molecule has 1 aliphatic carbocycles. The number of fused-ring (bicyclic) bond motifs is 3. The Morgan fingerprint density at radius 3 is 2.69 bits per heavy atom. The van der Waals surface area contributed by atoms with Gasteiger partial charge in [-0.05, 0) is 67.5 Å². The first kappa shape index (κ1) is 23.2. The summed E-state index contributed by atoms with van der Waals surface area (Å²) < 4.78 is 17.4. The van der Waals surface area contributed by atoms with Gasteiger partial charge in [0.15, 0.2) is 11.5 Å². The molecule has 2 aromatic carbocycles. The topological polar surface area (TPSA) is 73.4 Å². The first-order chi connectivity index (χ1) is 17.2. The standard InChI is InChI=1S/C28H28N2O4S/c1-3-8-18-13-14-22(23(17-18)32-2)34-16-15-33-21-11-6-4-9-19(21)26-29-27(31)25-20-10-5-7-12-24(20)35-28(25)30-26/h3-4,6,9,11,13-14,17H,1,5,7-8,10,12,15-16H2,2H3,(H,29,30,31). The first-order valence-electron chi connectivity index (χ1n) is 11.9. The predicted molar refractivity (Wildman–Crippen MR) is 140 cm³/mol. The number of ether oxygens (including phenoxy) is 3. The van der Waals surface area contributed by atoms with Gasteiger partial charge in [0.1, 0.15) is 29.6 Å². The van der Waals surface area contributed by atoms with Gasteiger partial charge in [0.2, 0.25) is 0 Å². The molecule has 0 unspecified atom stereocenters. The smallest absolute Gasteiger partial charge is 0.260 e. The minimum absolute atomic E-state index is 0.0745. The lowest BCUT2D eigenvalue weighted by Gasteiger charge is -2.14. The van der Waals surface area contributed by atoms with Crippen molar-refractivity contribution >= 4 is 21.6 Å². The minimum Gasteiger partial charge on any atom is -0.493 e. The van der Waals surface area contributed by atoms with E-state index >= 15 is 0 Å². The zero-order valence-corrected chi connectivity index (χ0v) is 20.6. The fourth-order valence-corrected chi connectivity index (χ4v) is 5.77. The SMILES string of the molecule is C=CCc1ccc(OCCOc2ccccc2-c2nc3sc4c(c3c(=O)[nH]2)CCCC4)c(OC)c1. The summed E-state index contributed by atoms with van der Waals surface area (Å²) in [6.45, 7) is 4.44. The molecular formula is C28H28N2O4S. The first-order valence-corrected chi connectivity index (χ1v) is 12.7. The number of hydrogen-bond acceptors (Lipinski definition) is 6. The summed E-state index contributed by atoms with van der Waals surface area (Å²) in [5, 5.41) is 0.758. The summed E-state index contributed by atoms with van der Waals surface area (Å²) in [7, 11) is 1.63. The maximum absolute atomic E-state index is 13.0. The molecule has 0 fully saturated rings. The lowest BCUT2D eigenvalue weighted by Crippen LogP contribution is -2.13. The third-order valence-corrected chi connectivity index (χ3v) is 7.36. The number of para-hydroxylation sites is 1. The van der Waals surface area contributed by atoms with Crippen LogP contribution >= 0.6 is 11.3 Å². The van der Waals surface area contributed by atoms with Crippen LogP contribution in [0.15, 0.2) is 59.9 Å². The van der Waals surface area contributed by atoms with Gasteiger partial charge in [-0.25, -0.2) is 4.98 Å². The van der Waals surface area contributed by atoms with Crippen molar-refractivity contribution < 1.29 is 14.2 Å². The van der Waals surface area contributed by atoms with Crippen molar-refractivity contribution in [1.82, 2.24) is 9.97 Å². The lowest BCUT2D eigenvalue weighted by atomic mass is 9.97. The Kier molecular flexibility index (Phi) is 6.86. The Hall–Kier alpha value is -3.58. The van der Waals surface area contributed by atoms with Crippen LogP contribution in [0.2, 0.25) is 0 Å². The van der Waals surface area contributed by atoms with Crippen molar-refractivity contribution in [2.45, 2.75) is 32.1 Å². The lowest BCUT2D eigenvalue weighted by molar-refractivity contribution is 0.211. The molecule has 2 aromatic heterocycles. The number of aryl methyl sites for hydroxylation is 2. The average Bonchev–Trinajstić information content (AvgIpc) is 3.26. The van der Waals surface area contributed by atoms with Crippen molar-refractivity contribution in [3.05, 3.63) is 81.5 Å². The Labute approximate surface area is 208 Å². The molecule has 0 atom stereocenters. The molecule has 0 spiro atoms. The van der Waals surface area contributed by atoms with E-state index in [0.717, 1.165) is 47.0 Å². The van der Waals surface area contributed by atoms with Gasteiger partial charge in [-0.1, -0.05) is 24.3 Å². The molecule has 35 heavy (non-hydrogen) atoms. The summed E-state index contributed by atoms with van der Waals surface area (Å²) in [6, 6.07) is 13.5. The number of allylic oxidation sites excluding steroid dienone is 1. The fourth-order valence-electron chi connectivity index (χ4n) is 4.51. The van der Waals surface area contributed by atoms with Crippen LogP contribution in [0, 0.1) is 0 Å². The maximum atomic E-state index is 13.0. The van der Waals surface area contributed by atoms with E-state index in [2.05, 4.69) is 11.6 Å². The van der Waals surface area contributed by atoms with Gasteiger partial charge in [0.05, 0.1) is 18.1 Å². The number of nitrogens with zero attached hydrogens (tertiary/aromatic N) is 1. The number of aromatic amines is 1. The quantitative estimate of drug-likeness (QED) is 0.241. The zero-order chi connectivity index (χ0) is 24.2. The number of benzene rings is 2. The molecule has 0 amide bonds. The number of thiophene rings is 1. The summed E-state index contributed by atoms with van der Waals surface area (Å²) >= 11 is 1.65. The molecule has 0 aliphatic heterocycles. The molecule has 1 aliphatic rings. The number of aromatic nitrogens is 2. The predicted octanol–water partition coefficient (Wildman–Crippen LogP) is 5.73. The number of H-pyrrole nitrogens is 1. The van der Waals surface area contributed by atoms with Crippen molar-refractivity contribution in [3.63, 3.8) is 0 Å². The highest BCUT2D eigenvalue weighted by atomic mass is 32.1. The second-order valence-corrected chi connectivity index (χ2v) is 9.56. The summed E-state index contributed by atoms with van der Waals surface area (Å²) in [4.78, 5) is 22.9. The highest BCUT2D eigenvalue weighted by molar-refractivity contribution is 7.18.